The van der Waals surface area contributed by atoms with Crippen molar-refractivity contribution in [1.29, 1.82) is 0 Å². The van der Waals surface area contributed by atoms with E-state index in [0.717, 1.165) is 13.2 Å². The minimum absolute atomic E-state index is 0.164. The lowest BCUT2D eigenvalue weighted by Crippen LogP contribution is -2.24. The molecule has 0 amide bonds. The minimum Gasteiger partial charge on any atom is -0.495 e. The highest BCUT2D eigenvalue weighted by atomic mass is 32.2. The van der Waals surface area contributed by atoms with Crippen molar-refractivity contribution in [2.75, 3.05) is 16.6 Å². The lowest BCUT2D eigenvalue weighted by atomic mass is 10.3. The number of sulfonamides is 2. The van der Waals surface area contributed by atoms with Gasteiger partial charge in [0.2, 0.25) is 0 Å². The Kier molecular flexibility index (Phi) is 7.57. The smallest absolute Gasteiger partial charge is 0.495 e. The van der Waals surface area contributed by atoms with E-state index in [4.69, 9.17) is 4.74 Å². The predicted octanol–water partition coefficient (Wildman–Crippen LogP) is 3.78. The van der Waals surface area contributed by atoms with Gasteiger partial charge in [-0.25, -0.2) is 30.2 Å². The molecule has 0 saturated heterocycles. The molecule has 0 bridgehead atoms. The SMILES string of the molecule is COc1ccc(S(=O)(=O)C(F)(F)F)cc1S(=O)(=O)Nc1ccccc1NS(=O)(=O)c1cccc(-n2ccnc2)c1. The molecule has 4 aromatic rings. The number of imidazole rings is 1. The summed E-state index contributed by atoms with van der Waals surface area (Å²) in [5.41, 5.74) is -5.73. The van der Waals surface area contributed by atoms with E-state index in [-0.39, 0.29) is 16.3 Å². The first-order valence-electron chi connectivity index (χ1n) is 10.9. The Bertz CT molecular complexity index is 1880. The van der Waals surface area contributed by atoms with Gasteiger partial charge in [0.25, 0.3) is 29.9 Å². The van der Waals surface area contributed by atoms with Crippen molar-refractivity contribution in [2.24, 2.45) is 0 Å². The third-order valence-electron chi connectivity index (χ3n) is 5.39. The number of nitrogens with zero attached hydrogens (tertiary/aromatic N) is 2. The highest BCUT2D eigenvalue weighted by Gasteiger charge is 2.47. The van der Waals surface area contributed by atoms with Crippen LogP contribution in [-0.4, -0.2) is 47.4 Å². The number of sulfone groups is 1. The summed E-state index contributed by atoms with van der Waals surface area (Å²) in [5, 5.41) is 0. The fraction of sp³-hybridized carbons (Fsp3) is 0.0870. The Labute approximate surface area is 227 Å². The highest BCUT2D eigenvalue weighted by molar-refractivity contribution is 7.93. The normalized spacial score (nSPS) is 12.6. The molecule has 0 unspecified atom stereocenters. The van der Waals surface area contributed by atoms with Gasteiger partial charge in [-0.1, -0.05) is 18.2 Å². The molecular formula is C23H19F3N4O7S3. The van der Waals surface area contributed by atoms with Crippen molar-refractivity contribution in [3.05, 3.63) is 85.5 Å². The Balaban J connectivity index is 1.70. The predicted molar refractivity (Wildman–Crippen MR) is 138 cm³/mol. The van der Waals surface area contributed by atoms with Crippen molar-refractivity contribution >= 4 is 41.3 Å². The lowest BCUT2D eigenvalue weighted by molar-refractivity contribution is -0.0436. The number of anilines is 2. The second kappa shape index (κ2) is 10.5. The number of alkyl halides is 3. The monoisotopic (exact) mass is 616 g/mol. The zero-order chi connectivity index (χ0) is 29.3. The Hall–Kier alpha value is -4.09. The number of halogens is 3. The van der Waals surface area contributed by atoms with Crippen molar-refractivity contribution in [3.8, 4) is 11.4 Å². The van der Waals surface area contributed by atoms with Crippen molar-refractivity contribution in [2.45, 2.75) is 20.2 Å². The number of ether oxygens (including phenoxy) is 1. The number of benzene rings is 3. The van der Waals surface area contributed by atoms with E-state index in [1.807, 2.05) is 0 Å². The standard InChI is InChI=1S/C23H19F3N4O7S3/c1-37-21-10-9-17(38(31,32)23(24,25)26)14-22(21)40(35,36)29-20-8-3-2-7-19(20)28-39(33,34)18-6-4-5-16(13-18)30-12-11-27-15-30/h2-15,28-29H,1H3. The van der Waals surface area contributed by atoms with Crippen LogP contribution in [0.25, 0.3) is 5.69 Å². The summed E-state index contributed by atoms with van der Waals surface area (Å²) in [7, 11) is -13.9. The first kappa shape index (κ1) is 28.9. The molecule has 0 spiro atoms. The Morgan fingerprint density at radius 3 is 2.02 bits per heavy atom. The maximum absolute atomic E-state index is 13.2. The molecule has 40 heavy (non-hydrogen) atoms. The molecule has 0 aliphatic carbocycles. The minimum atomic E-state index is -5.88. The molecule has 2 N–H and O–H groups in total. The molecular weight excluding hydrogens is 597 g/mol. The van der Waals surface area contributed by atoms with Crippen LogP contribution in [0.1, 0.15) is 0 Å². The van der Waals surface area contributed by atoms with Gasteiger partial charge in [-0.05, 0) is 48.5 Å². The van der Waals surface area contributed by atoms with Crippen LogP contribution in [0.5, 0.6) is 5.75 Å². The average molecular weight is 617 g/mol. The maximum Gasteiger partial charge on any atom is 0.501 e. The van der Waals surface area contributed by atoms with E-state index in [9.17, 15) is 38.4 Å². The van der Waals surface area contributed by atoms with Gasteiger partial charge >= 0.3 is 5.51 Å². The van der Waals surface area contributed by atoms with E-state index >= 15 is 0 Å². The summed E-state index contributed by atoms with van der Waals surface area (Å²) in [6.07, 6.45) is 4.57. The number of hydrogen-bond acceptors (Lipinski definition) is 8. The second-order valence-corrected chi connectivity index (χ2v) is 13.3. The van der Waals surface area contributed by atoms with Gasteiger partial charge in [-0.3, -0.25) is 9.44 Å². The van der Waals surface area contributed by atoms with Crippen LogP contribution < -0.4 is 14.2 Å². The van der Waals surface area contributed by atoms with Crippen LogP contribution in [-0.2, 0) is 29.9 Å². The van der Waals surface area contributed by atoms with Crippen molar-refractivity contribution in [3.63, 3.8) is 0 Å². The number of aromatic nitrogens is 2. The first-order chi connectivity index (χ1) is 18.7. The molecule has 212 valence electrons. The van der Waals surface area contributed by atoms with Crippen LogP contribution in [0.2, 0.25) is 0 Å². The van der Waals surface area contributed by atoms with Crippen LogP contribution in [0.15, 0.2) is 100 Å². The summed E-state index contributed by atoms with van der Waals surface area (Å²) < 4.78 is 127. The number of nitrogens with one attached hydrogen (secondary N) is 2. The van der Waals surface area contributed by atoms with Gasteiger partial charge in [-0.2, -0.15) is 13.2 Å². The Morgan fingerprint density at radius 1 is 0.800 bits per heavy atom. The molecule has 0 aliphatic heterocycles. The molecule has 0 aliphatic rings. The maximum atomic E-state index is 13.2. The zero-order valence-corrected chi connectivity index (χ0v) is 22.6. The number of rotatable bonds is 9. The molecule has 0 radical (unpaired) electrons. The third-order valence-corrected chi connectivity index (χ3v) is 9.62. The van der Waals surface area contributed by atoms with E-state index in [1.54, 1.807) is 16.8 Å². The summed E-state index contributed by atoms with van der Waals surface area (Å²) in [6.45, 7) is 0. The van der Waals surface area contributed by atoms with Gasteiger partial charge in [0.05, 0.1) is 34.6 Å². The number of methoxy groups -OCH3 is 1. The molecule has 17 heteroatoms. The highest BCUT2D eigenvalue weighted by Crippen LogP contribution is 2.35. The summed E-state index contributed by atoms with van der Waals surface area (Å²) in [4.78, 5) is 1.49. The topological polar surface area (TPSA) is 154 Å². The van der Waals surface area contributed by atoms with Gasteiger partial charge in [0.1, 0.15) is 10.6 Å². The summed E-state index contributed by atoms with van der Waals surface area (Å²) in [5.74, 6) is -0.456. The summed E-state index contributed by atoms with van der Waals surface area (Å²) in [6, 6.07) is 12.6. The average Bonchev–Trinajstić information content (AvgIpc) is 3.44. The van der Waals surface area contributed by atoms with Gasteiger partial charge in [0, 0.05) is 18.1 Å². The second-order valence-electron chi connectivity index (χ2n) is 7.99. The van der Waals surface area contributed by atoms with Crippen molar-refractivity contribution < 1.29 is 43.2 Å². The van der Waals surface area contributed by atoms with Gasteiger partial charge < -0.3 is 9.30 Å². The molecule has 11 nitrogen and oxygen atoms in total. The fourth-order valence-electron chi connectivity index (χ4n) is 3.46. The van der Waals surface area contributed by atoms with Crippen LogP contribution in [0.4, 0.5) is 24.5 Å². The third kappa shape index (κ3) is 5.75. The molecule has 0 fully saturated rings. The molecule has 0 saturated carbocycles. The van der Waals surface area contributed by atoms with E-state index in [0.29, 0.717) is 17.8 Å². The molecule has 3 aromatic carbocycles. The largest absolute Gasteiger partial charge is 0.501 e. The van der Waals surface area contributed by atoms with Crippen LogP contribution in [0.3, 0.4) is 0 Å². The first-order valence-corrected chi connectivity index (χ1v) is 15.3. The molecule has 4 rings (SSSR count). The summed E-state index contributed by atoms with van der Waals surface area (Å²) >= 11 is 0. The lowest BCUT2D eigenvalue weighted by Gasteiger charge is -2.17. The van der Waals surface area contributed by atoms with E-state index in [1.165, 1.54) is 55.0 Å². The van der Waals surface area contributed by atoms with E-state index < -0.39 is 50.9 Å². The quantitative estimate of drug-likeness (QED) is 0.288. The number of para-hydroxylation sites is 2. The zero-order valence-electron chi connectivity index (χ0n) is 20.2. The number of hydrogen-bond donors (Lipinski definition) is 2. The van der Waals surface area contributed by atoms with Gasteiger partial charge in [-0.15, -0.1) is 0 Å². The fourth-order valence-corrected chi connectivity index (χ4v) is 6.71. The van der Waals surface area contributed by atoms with Crippen LogP contribution >= 0.6 is 0 Å². The van der Waals surface area contributed by atoms with E-state index in [2.05, 4.69) is 14.4 Å². The van der Waals surface area contributed by atoms with Crippen molar-refractivity contribution in [1.82, 2.24) is 9.55 Å². The molecule has 1 aromatic heterocycles. The Morgan fingerprint density at radius 2 is 1.45 bits per heavy atom. The molecule has 1 heterocycles. The van der Waals surface area contributed by atoms with Crippen LogP contribution in [0, 0.1) is 0 Å². The van der Waals surface area contributed by atoms with Gasteiger partial charge in [0.15, 0.2) is 0 Å². The molecule has 0 atom stereocenters.